The molecule has 3 atom stereocenters. The molecule has 0 N–H and O–H groups in total. The van der Waals surface area contributed by atoms with E-state index in [1.165, 1.54) is 30.4 Å². The van der Waals surface area contributed by atoms with E-state index in [0.29, 0.717) is 30.3 Å². The van der Waals surface area contributed by atoms with E-state index < -0.39 is 29.1 Å². The monoisotopic (exact) mass is 565 g/mol. The van der Waals surface area contributed by atoms with E-state index in [9.17, 15) is 21.8 Å². The summed E-state index contributed by atoms with van der Waals surface area (Å²) in [5.41, 5.74) is 3.25. The summed E-state index contributed by atoms with van der Waals surface area (Å²) in [6.45, 7) is 5.81. The van der Waals surface area contributed by atoms with Crippen molar-refractivity contribution in [3.05, 3.63) is 69.9 Å². The van der Waals surface area contributed by atoms with Gasteiger partial charge in [-0.05, 0) is 61.4 Å². The van der Waals surface area contributed by atoms with E-state index in [0.717, 1.165) is 27.0 Å². The van der Waals surface area contributed by atoms with Crippen LogP contribution in [0.5, 0.6) is 0 Å². The lowest BCUT2D eigenvalue weighted by atomic mass is 9.95. The van der Waals surface area contributed by atoms with Crippen LogP contribution in [0.4, 0.5) is 17.6 Å². The third-order valence-corrected chi connectivity index (χ3v) is 9.21. The fourth-order valence-corrected chi connectivity index (χ4v) is 6.82. The molecule has 0 bridgehead atoms. The number of rotatable bonds is 6. The zero-order valence-electron chi connectivity index (χ0n) is 21.1. The second-order valence-electron chi connectivity index (χ2n) is 9.60. The van der Waals surface area contributed by atoms with Gasteiger partial charge in [0.05, 0.1) is 28.3 Å². The van der Waals surface area contributed by atoms with Crippen LogP contribution in [0.1, 0.15) is 29.1 Å². The number of benzene rings is 2. The van der Waals surface area contributed by atoms with Gasteiger partial charge in [0.25, 0.3) is 0 Å². The third kappa shape index (κ3) is 5.40. The maximum absolute atomic E-state index is 13.5. The van der Waals surface area contributed by atoms with Crippen LogP contribution in [-0.4, -0.2) is 60.5 Å². The predicted molar refractivity (Wildman–Crippen MR) is 140 cm³/mol. The molecule has 0 radical (unpaired) electrons. The number of hydrogen-bond donors (Lipinski definition) is 0. The largest absolute Gasteiger partial charge is 0.392 e. The number of aromatic nitrogens is 3. The van der Waals surface area contributed by atoms with Crippen LogP contribution in [0.2, 0.25) is 0 Å². The molecule has 1 aliphatic heterocycles. The summed E-state index contributed by atoms with van der Waals surface area (Å²) in [5, 5.41) is 8.32. The van der Waals surface area contributed by atoms with Gasteiger partial charge in [-0.1, -0.05) is 6.92 Å². The zero-order chi connectivity index (χ0) is 27.2. The van der Waals surface area contributed by atoms with Crippen LogP contribution < -0.4 is 0 Å². The number of hydrogen-bond acceptors (Lipinski definition) is 5. The number of thiazole rings is 1. The summed E-state index contributed by atoms with van der Waals surface area (Å²) in [6.07, 6.45) is -2.61. The topological polar surface area (TPSA) is 54.3 Å². The average molecular weight is 566 g/mol. The van der Waals surface area contributed by atoms with Crippen LogP contribution in [-0.2, 0) is 11.0 Å². The fraction of sp³-hybridized carbons (Fsp3) is 0.385. The zero-order valence-corrected chi connectivity index (χ0v) is 22.7. The predicted octanol–water partition coefficient (Wildman–Crippen LogP) is 5.82. The van der Waals surface area contributed by atoms with Crippen molar-refractivity contribution in [2.75, 3.05) is 26.2 Å². The number of halogens is 4. The van der Waals surface area contributed by atoms with Crippen molar-refractivity contribution in [3.63, 3.8) is 0 Å². The summed E-state index contributed by atoms with van der Waals surface area (Å²) in [4.78, 5) is 6.20. The van der Waals surface area contributed by atoms with Gasteiger partial charge in [-0.2, -0.15) is 18.3 Å². The first-order chi connectivity index (χ1) is 18.0. The molecular weight excluding hydrogens is 538 g/mol. The fourth-order valence-electron chi connectivity index (χ4n) is 4.81. The Labute approximate surface area is 224 Å². The number of nitrogens with zero attached hydrogens (tertiary/aromatic N) is 5. The molecule has 4 aromatic rings. The lowest BCUT2D eigenvalue weighted by molar-refractivity contribution is -0.176. The van der Waals surface area contributed by atoms with E-state index in [1.807, 2.05) is 30.9 Å². The average Bonchev–Trinajstić information content (AvgIpc) is 3.49. The normalized spacial score (nSPS) is 19.2. The van der Waals surface area contributed by atoms with Crippen molar-refractivity contribution >= 4 is 33.2 Å². The molecule has 1 saturated heterocycles. The van der Waals surface area contributed by atoms with Crippen LogP contribution in [0.3, 0.4) is 0 Å². The minimum Gasteiger partial charge on any atom is -0.293 e. The molecule has 3 unspecified atom stereocenters. The maximum atomic E-state index is 13.5. The SMILES string of the molecule is Cc1nc(S(=O)N2CCN(CC(C)C(F)(F)F)C(c3cc4cnn(-c5ccc(F)cc5)c4cc3C)C2)cs1. The van der Waals surface area contributed by atoms with Crippen LogP contribution >= 0.6 is 11.3 Å². The second-order valence-corrected chi connectivity index (χ2v) is 12.1. The maximum Gasteiger partial charge on any atom is 0.392 e. The van der Waals surface area contributed by atoms with Crippen LogP contribution in [0, 0.1) is 25.6 Å². The van der Waals surface area contributed by atoms with Gasteiger partial charge in [0.1, 0.15) is 16.8 Å². The molecule has 0 amide bonds. The van der Waals surface area contributed by atoms with Crippen LogP contribution in [0.15, 0.2) is 53.0 Å². The number of fused-ring (bicyclic) bond motifs is 1. The molecule has 5 rings (SSSR count). The molecule has 1 fully saturated rings. The van der Waals surface area contributed by atoms with Crippen molar-refractivity contribution in [2.24, 2.45) is 5.92 Å². The summed E-state index contributed by atoms with van der Waals surface area (Å²) in [6, 6.07) is 9.50. The molecule has 0 aliphatic carbocycles. The Morgan fingerprint density at radius 1 is 1.16 bits per heavy atom. The first-order valence-corrected chi connectivity index (χ1v) is 14.1. The van der Waals surface area contributed by atoms with E-state index in [1.54, 1.807) is 32.7 Å². The van der Waals surface area contributed by atoms with E-state index >= 15 is 0 Å². The van der Waals surface area contributed by atoms with Gasteiger partial charge in [-0.3, -0.25) is 4.90 Å². The Morgan fingerprint density at radius 2 is 1.89 bits per heavy atom. The second kappa shape index (κ2) is 10.5. The lowest BCUT2D eigenvalue weighted by Gasteiger charge is -2.42. The highest BCUT2D eigenvalue weighted by molar-refractivity contribution is 7.82. The molecule has 2 aromatic carbocycles. The highest BCUT2D eigenvalue weighted by Crippen LogP contribution is 2.35. The van der Waals surface area contributed by atoms with Crippen molar-refractivity contribution in [1.82, 2.24) is 24.0 Å². The number of alkyl halides is 3. The Hall–Kier alpha value is -2.67. The van der Waals surface area contributed by atoms with Gasteiger partial charge in [0.2, 0.25) is 0 Å². The molecule has 12 heteroatoms. The molecule has 2 aromatic heterocycles. The number of piperazine rings is 1. The van der Waals surface area contributed by atoms with E-state index in [2.05, 4.69) is 10.1 Å². The smallest absolute Gasteiger partial charge is 0.293 e. The summed E-state index contributed by atoms with van der Waals surface area (Å²) < 4.78 is 70.8. The standard InChI is InChI=1S/C26H27F4N5OS2/c1-16-10-23-19(12-31-35(23)21-6-4-20(27)5-7-21)11-22(16)24-14-34(38(36)25-15-37-18(3)32-25)9-8-33(24)13-17(2)26(28,29)30/h4-7,10-12,15,17,24H,8-9,13-14H2,1-3H3. The molecule has 202 valence electrons. The summed E-state index contributed by atoms with van der Waals surface area (Å²) in [7, 11) is -1.51. The molecular formula is C26H27F4N5OS2. The van der Waals surface area contributed by atoms with Gasteiger partial charge in [-0.15, -0.1) is 11.3 Å². The van der Waals surface area contributed by atoms with E-state index in [-0.39, 0.29) is 12.4 Å². The molecule has 3 heterocycles. The molecule has 0 spiro atoms. The lowest BCUT2D eigenvalue weighted by Crippen LogP contribution is -2.51. The Balaban J connectivity index is 1.51. The third-order valence-electron chi connectivity index (χ3n) is 6.92. The van der Waals surface area contributed by atoms with Crippen LogP contribution in [0.25, 0.3) is 16.6 Å². The van der Waals surface area contributed by atoms with Gasteiger partial charge >= 0.3 is 6.18 Å². The van der Waals surface area contributed by atoms with Gasteiger partial charge in [0.15, 0.2) is 5.03 Å². The Morgan fingerprint density at radius 3 is 2.55 bits per heavy atom. The minimum atomic E-state index is -4.31. The Kier molecular flexibility index (Phi) is 7.42. The highest BCUT2D eigenvalue weighted by Gasteiger charge is 2.40. The van der Waals surface area contributed by atoms with Crippen molar-refractivity contribution < 1.29 is 21.8 Å². The molecule has 1 aliphatic rings. The summed E-state index contributed by atoms with van der Waals surface area (Å²) in [5.74, 6) is -1.85. The van der Waals surface area contributed by atoms with Gasteiger partial charge in [-0.25, -0.2) is 22.6 Å². The molecule has 0 saturated carbocycles. The van der Waals surface area contributed by atoms with E-state index in [4.69, 9.17) is 0 Å². The first-order valence-electron chi connectivity index (χ1n) is 12.1. The summed E-state index contributed by atoms with van der Waals surface area (Å²) >= 11 is 1.41. The van der Waals surface area contributed by atoms with Crippen molar-refractivity contribution in [2.45, 2.75) is 38.0 Å². The highest BCUT2D eigenvalue weighted by atomic mass is 32.2. The molecule has 6 nitrogen and oxygen atoms in total. The van der Waals surface area contributed by atoms with Crippen molar-refractivity contribution in [1.29, 1.82) is 0 Å². The van der Waals surface area contributed by atoms with Gasteiger partial charge < -0.3 is 0 Å². The first kappa shape index (κ1) is 26.9. The Bertz CT molecular complexity index is 1470. The number of aryl methyl sites for hydroxylation is 2. The molecule has 38 heavy (non-hydrogen) atoms. The van der Waals surface area contributed by atoms with Crippen molar-refractivity contribution in [3.8, 4) is 5.69 Å². The van der Waals surface area contributed by atoms with Gasteiger partial charge in [0, 0.05) is 43.0 Å². The minimum absolute atomic E-state index is 0.156. The quantitative estimate of drug-likeness (QED) is 0.277.